The predicted octanol–water partition coefficient (Wildman–Crippen LogP) is 1.75. The number of nitrogens with zero attached hydrogens (tertiary/aromatic N) is 2. The van der Waals surface area contributed by atoms with Crippen LogP contribution in [0.3, 0.4) is 0 Å². The van der Waals surface area contributed by atoms with Crippen molar-refractivity contribution in [1.82, 2.24) is 10.3 Å². The lowest BCUT2D eigenvalue weighted by Gasteiger charge is -2.22. The molecule has 1 aliphatic heterocycles. The van der Waals surface area contributed by atoms with Crippen molar-refractivity contribution in [3.05, 3.63) is 23.9 Å². The third kappa shape index (κ3) is 4.22. The number of nitriles is 1. The summed E-state index contributed by atoms with van der Waals surface area (Å²) in [7, 11) is 0. The molecule has 17 heavy (non-hydrogen) atoms. The molecule has 0 saturated carbocycles. The first-order chi connectivity index (χ1) is 7.88. The van der Waals surface area contributed by atoms with Gasteiger partial charge < -0.3 is 10.1 Å². The van der Waals surface area contributed by atoms with Crippen LogP contribution >= 0.6 is 12.4 Å². The van der Waals surface area contributed by atoms with E-state index in [1.54, 1.807) is 18.2 Å². The molecular formula is C12H16ClN3O. The number of rotatable bonds is 3. The summed E-state index contributed by atoms with van der Waals surface area (Å²) in [4.78, 5) is 4.08. The molecule has 0 amide bonds. The zero-order valence-electron chi connectivity index (χ0n) is 9.56. The summed E-state index contributed by atoms with van der Waals surface area (Å²) >= 11 is 0. The van der Waals surface area contributed by atoms with Crippen LogP contribution in [0.5, 0.6) is 5.88 Å². The number of hydrogen-bond donors (Lipinski definition) is 1. The number of hydrogen-bond acceptors (Lipinski definition) is 4. The van der Waals surface area contributed by atoms with E-state index in [1.165, 1.54) is 0 Å². The lowest BCUT2D eigenvalue weighted by molar-refractivity contribution is 0.209. The van der Waals surface area contributed by atoms with Gasteiger partial charge in [-0.15, -0.1) is 12.4 Å². The summed E-state index contributed by atoms with van der Waals surface area (Å²) in [5.41, 5.74) is 0.405. The molecule has 0 spiro atoms. The Bertz CT molecular complexity index is 386. The van der Waals surface area contributed by atoms with E-state index in [1.807, 2.05) is 6.07 Å². The Balaban J connectivity index is 0.00000144. The molecule has 1 aromatic heterocycles. The largest absolute Gasteiger partial charge is 0.477 e. The minimum absolute atomic E-state index is 0. The minimum atomic E-state index is 0. The van der Waals surface area contributed by atoms with Gasteiger partial charge in [0.15, 0.2) is 0 Å². The van der Waals surface area contributed by atoms with Crippen LogP contribution in [0, 0.1) is 17.2 Å². The molecule has 2 heterocycles. The van der Waals surface area contributed by atoms with Gasteiger partial charge in [0.25, 0.3) is 0 Å². The quantitative estimate of drug-likeness (QED) is 0.892. The SMILES string of the molecule is Cl.N#Cc1cccc(OCC2CCNCC2)n1. The lowest BCUT2D eigenvalue weighted by atomic mass is 9.99. The minimum Gasteiger partial charge on any atom is -0.477 e. The van der Waals surface area contributed by atoms with E-state index in [-0.39, 0.29) is 12.4 Å². The van der Waals surface area contributed by atoms with Crippen LogP contribution in [0.15, 0.2) is 18.2 Å². The average Bonchev–Trinajstić information content (AvgIpc) is 2.38. The predicted molar refractivity (Wildman–Crippen MR) is 67.3 cm³/mol. The summed E-state index contributed by atoms with van der Waals surface area (Å²) < 4.78 is 5.60. The molecule has 4 nitrogen and oxygen atoms in total. The summed E-state index contributed by atoms with van der Waals surface area (Å²) in [5.74, 6) is 1.16. The zero-order valence-corrected chi connectivity index (χ0v) is 10.4. The van der Waals surface area contributed by atoms with Crippen molar-refractivity contribution in [2.45, 2.75) is 12.8 Å². The van der Waals surface area contributed by atoms with Gasteiger partial charge in [0.2, 0.25) is 5.88 Å². The van der Waals surface area contributed by atoms with E-state index >= 15 is 0 Å². The highest BCUT2D eigenvalue weighted by atomic mass is 35.5. The number of piperidine rings is 1. The number of aromatic nitrogens is 1. The average molecular weight is 254 g/mol. The van der Waals surface area contributed by atoms with E-state index in [0.717, 1.165) is 25.9 Å². The van der Waals surface area contributed by atoms with Gasteiger partial charge in [0.05, 0.1) is 6.61 Å². The molecule has 1 N–H and O–H groups in total. The molecule has 1 saturated heterocycles. The number of ether oxygens (including phenoxy) is 1. The molecular weight excluding hydrogens is 238 g/mol. The van der Waals surface area contributed by atoms with Gasteiger partial charge in [-0.2, -0.15) is 5.26 Å². The lowest BCUT2D eigenvalue weighted by Crippen LogP contribution is -2.30. The molecule has 1 aliphatic rings. The van der Waals surface area contributed by atoms with Gasteiger partial charge in [-0.25, -0.2) is 4.98 Å². The maximum atomic E-state index is 8.70. The highest BCUT2D eigenvalue weighted by molar-refractivity contribution is 5.85. The second-order valence-corrected chi connectivity index (χ2v) is 3.98. The monoisotopic (exact) mass is 253 g/mol. The normalized spacial score (nSPS) is 15.7. The Hall–Kier alpha value is -1.31. The first kappa shape index (κ1) is 13.8. The topological polar surface area (TPSA) is 57.9 Å². The Morgan fingerprint density at radius 3 is 2.88 bits per heavy atom. The molecule has 1 fully saturated rings. The summed E-state index contributed by atoms with van der Waals surface area (Å²) in [5, 5.41) is 12.0. The number of pyridine rings is 1. The van der Waals surface area contributed by atoms with Crippen molar-refractivity contribution in [3.63, 3.8) is 0 Å². The van der Waals surface area contributed by atoms with Gasteiger partial charge in [-0.3, -0.25) is 0 Å². The van der Waals surface area contributed by atoms with Gasteiger partial charge >= 0.3 is 0 Å². The van der Waals surface area contributed by atoms with Crippen molar-refractivity contribution >= 4 is 12.4 Å². The fourth-order valence-corrected chi connectivity index (χ4v) is 1.81. The van der Waals surface area contributed by atoms with Crippen molar-refractivity contribution < 1.29 is 4.74 Å². The second-order valence-electron chi connectivity index (χ2n) is 3.98. The van der Waals surface area contributed by atoms with E-state index in [4.69, 9.17) is 10.00 Å². The molecule has 5 heteroatoms. The molecule has 0 radical (unpaired) electrons. The van der Waals surface area contributed by atoms with Crippen LogP contribution in [0.1, 0.15) is 18.5 Å². The Morgan fingerprint density at radius 2 is 2.18 bits per heavy atom. The third-order valence-electron chi connectivity index (χ3n) is 2.76. The second kappa shape index (κ2) is 7.10. The van der Waals surface area contributed by atoms with Crippen LogP contribution in [0.4, 0.5) is 0 Å². The van der Waals surface area contributed by atoms with Gasteiger partial charge in [-0.1, -0.05) is 6.07 Å². The zero-order chi connectivity index (χ0) is 11.2. The molecule has 0 aromatic carbocycles. The highest BCUT2D eigenvalue weighted by Crippen LogP contribution is 2.14. The van der Waals surface area contributed by atoms with E-state index < -0.39 is 0 Å². The van der Waals surface area contributed by atoms with Crippen LogP contribution in [0.25, 0.3) is 0 Å². The standard InChI is InChI=1S/C12H15N3O.ClH/c13-8-11-2-1-3-12(15-11)16-9-10-4-6-14-7-5-10;/h1-3,10,14H,4-7,9H2;1H. The molecule has 2 rings (SSSR count). The number of halogens is 1. The summed E-state index contributed by atoms with van der Waals surface area (Å²) in [6.45, 7) is 2.84. The van der Waals surface area contributed by atoms with Crippen molar-refractivity contribution in [2.75, 3.05) is 19.7 Å². The van der Waals surface area contributed by atoms with E-state index in [2.05, 4.69) is 10.3 Å². The molecule has 0 aliphatic carbocycles. The molecule has 1 aromatic rings. The van der Waals surface area contributed by atoms with E-state index in [9.17, 15) is 0 Å². The molecule has 0 unspecified atom stereocenters. The molecule has 92 valence electrons. The van der Waals surface area contributed by atoms with Crippen LogP contribution in [0.2, 0.25) is 0 Å². The third-order valence-corrected chi connectivity index (χ3v) is 2.76. The maximum absolute atomic E-state index is 8.70. The van der Waals surface area contributed by atoms with Gasteiger partial charge in [-0.05, 0) is 37.9 Å². The van der Waals surface area contributed by atoms with Crippen LogP contribution in [-0.2, 0) is 0 Å². The van der Waals surface area contributed by atoms with Crippen LogP contribution in [-0.4, -0.2) is 24.7 Å². The first-order valence-electron chi connectivity index (χ1n) is 5.59. The Labute approximate surface area is 107 Å². The first-order valence-corrected chi connectivity index (χ1v) is 5.59. The Kier molecular flexibility index (Phi) is 5.75. The maximum Gasteiger partial charge on any atom is 0.214 e. The fraction of sp³-hybridized carbons (Fsp3) is 0.500. The van der Waals surface area contributed by atoms with Crippen molar-refractivity contribution in [1.29, 1.82) is 5.26 Å². The van der Waals surface area contributed by atoms with Crippen LogP contribution < -0.4 is 10.1 Å². The smallest absolute Gasteiger partial charge is 0.214 e. The summed E-state index contributed by atoms with van der Waals surface area (Å²) in [6.07, 6.45) is 2.30. The van der Waals surface area contributed by atoms with Gasteiger partial charge in [0.1, 0.15) is 11.8 Å². The molecule has 0 bridgehead atoms. The highest BCUT2D eigenvalue weighted by Gasteiger charge is 2.13. The van der Waals surface area contributed by atoms with E-state index in [0.29, 0.717) is 24.1 Å². The number of nitrogens with one attached hydrogen (secondary N) is 1. The summed E-state index contributed by atoms with van der Waals surface area (Å²) in [6, 6.07) is 7.27. The van der Waals surface area contributed by atoms with Crippen molar-refractivity contribution in [3.8, 4) is 11.9 Å². The van der Waals surface area contributed by atoms with Crippen molar-refractivity contribution in [2.24, 2.45) is 5.92 Å². The Morgan fingerprint density at radius 1 is 1.41 bits per heavy atom. The molecule has 0 atom stereocenters. The van der Waals surface area contributed by atoms with Gasteiger partial charge in [0, 0.05) is 6.07 Å². The fourth-order valence-electron chi connectivity index (χ4n) is 1.81.